The van der Waals surface area contributed by atoms with Crippen LogP contribution in [0, 0.1) is 11.3 Å². The Balaban J connectivity index is 1.76. The van der Waals surface area contributed by atoms with E-state index in [1.165, 1.54) is 0 Å². The molecule has 0 spiro atoms. The summed E-state index contributed by atoms with van der Waals surface area (Å²) in [6, 6.07) is 11.7. The van der Waals surface area contributed by atoms with E-state index in [-0.39, 0.29) is 18.0 Å². The molecular formula is C19H22N4O2. The minimum Gasteiger partial charge on any atom is -0.339 e. The van der Waals surface area contributed by atoms with Gasteiger partial charge in [-0.15, -0.1) is 0 Å². The van der Waals surface area contributed by atoms with Gasteiger partial charge >= 0.3 is 6.03 Å². The lowest BCUT2D eigenvalue weighted by molar-refractivity contribution is -0.128. The Morgan fingerprint density at radius 3 is 2.48 bits per heavy atom. The van der Waals surface area contributed by atoms with E-state index in [1.54, 1.807) is 11.8 Å². The third kappa shape index (κ3) is 3.10. The molecule has 0 aromatic heterocycles. The molecule has 0 aliphatic carbocycles. The molecule has 6 nitrogen and oxygen atoms in total. The number of nitrogens with one attached hydrogen (secondary N) is 2. The van der Waals surface area contributed by atoms with Gasteiger partial charge in [-0.05, 0) is 32.3 Å². The van der Waals surface area contributed by atoms with Gasteiger partial charge in [-0.25, -0.2) is 4.79 Å². The number of hydrogen-bond acceptors (Lipinski definition) is 3. The van der Waals surface area contributed by atoms with Gasteiger partial charge in [-0.2, -0.15) is 5.26 Å². The van der Waals surface area contributed by atoms with Crippen LogP contribution in [-0.4, -0.2) is 36.0 Å². The van der Waals surface area contributed by atoms with Crippen LogP contribution >= 0.6 is 0 Å². The molecule has 2 aliphatic rings. The van der Waals surface area contributed by atoms with Gasteiger partial charge in [-0.1, -0.05) is 30.3 Å². The second-order valence-corrected chi connectivity index (χ2v) is 6.71. The highest BCUT2D eigenvalue weighted by molar-refractivity contribution is 5.98. The largest absolute Gasteiger partial charge is 0.339 e. The quantitative estimate of drug-likeness (QED) is 0.865. The molecule has 0 radical (unpaired) electrons. The summed E-state index contributed by atoms with van der Waals surface area (Å²) in [4.78, 5) is 26.2. The van der Waals surface area contributed by atoms with Gasteiger partial charge in [0.1, 0.15) is 0 Å². The maximum atomic E-state index is 12.9. The van der Waals surface area contributed by atoms with Gasteiger partial charge in [-0.3, -0.25) is 4.79 Å². The number of amides is 3. The van der Waals surface area contributed by atoms with Crippen molar-refractivity contribution in [2.24, 2.45) is 0 Å². The van der Waals surface area contributed by atoms with Gasteiger partial charge in [0, 0.05) is 18.8 Å². The van der Waals surface area contributed by atoms with Crippen molar-refractivity contribution in [2.75, 3.05) is 13.1 Å². The van der Waals surface area contributed by atoms with Crippen LogP contribution in [0.25, 0.3) is 0 Å². The summed E-state index contributed by atoms with van der Waals surface area (Å²) in [6.45, 7) is 4.61. The molecule has 3 rings (SSSR count). The molecule has 25 heavy (non-hydrogen) atoms. The molecule has 1 aromatic carbocycles. The number of rotatable bonds is 2. The van der Waals surface area contributed by atoms with Crippen LogP contribution in [-0.2, 0) is 10.2 Å². The Hall–Kier alpha value is -2.81. The molecule has 3 amide bonds. The predicted molar refractivity (Wildman–Crippen MR) is 93.4 cm³/mol. The van der Waals surface area contributed by atoms with Crippen molar-refractivity contribution in [1.29, 1.82) is 5.26 Å². The summed E-state index contributed by atoms with van der Waals surface area (Å²) in [7, 11) is 0. The number of benzene rings is 1. The van der Waals surface area contributed by atoms with Crippen molar-refractivity contribution in [3.8, 4) is 6.07 Å². The Morgan fingerprint density at radius 1 is 1.28 bits per heavy atom. The number of carbonyl (C=O) groups is 2. The van der Waals surface area contributed by atoms with Crippen molar-refractivity contribution >= 4 is 11.9 Å². The lowest BCUT2D eigenvalue weighted by Gasteiger charge is -2.39. The fourth-order valence-electron chi connectivity index (χ4n) is 3.70. The van der Waals surface area contributed by atoms with E-state index in [0.717, 1.165) is 5.56 Å². The van der Waals surface area contributed by atoms with E-state index in [0.29, 0.717) is 37.2 Å². The summed E-state index contributed by atoms with van der Waals surface area (Å²) < 4.78 is 0. The van der Waals surface area contributed by atoms with Crippen molar-refractivity contribution < 1.29 is 9.59 Å². The number of nitrogens with zero attached hydrogens (tertiary/aromatic N) is 2. The van der Waals surface area contributed by atoms with E-state index < -0.39 is 5.41 Å². The van der Waals surface area contributed by atoms with Crippen LogP contribution in [0.15, 0.2) is 41.6 Å². The molecule has 2 N–H and O–H groups in total. The number of likely N-dealkylation sites (tertiary alicyclic amines) is 1. The summed E-state index contributed by atoms with van der Waals surface area (Å²) in [5, 5.41) is 15.1. The van der Waals surface area contributed by atoms with E-state index in [9.17, 15) is 14.9 Å². The van der Waals surface area contributed by atoms with Crippen LogP contribution in [0.2, 0.25) is 0 Å². The molecule has 130 valence electrons. The molecule has 2 aliphatic heterocycles. The Kier molecular flexibility index (Phi) is 4.49. The first-order valence-electron chi connectivity index (χ1n) is 8.51. The normalized spacial score (nSPS) is 22.7. The number of urea groups is 1. The maximum Gasteiger partial charge on any atom is 0.319 e. The molecule has 1 unspecified atom stereocenters. The fraction of sp³-hybridized carbons (Fsp3) is 0.421. The van der Waals surface area contributed by atoms with Gasteiger partial charge in [0.25, 0.3) is 5.91 Å². The van der Waals surface area contributed by atoms with Crippen LogP contribution in [0.1, 0.15) is 32.3 Å². The summed E-state index contributed by atoms with van der Waals surface area (Å²) in [5.74, 6) is -0.0721. The smallest absolute Gasteiger partial charge is 0.319 e. The molecule has 1 atom stereocenters. The topological polar surface area (TPSA) is 85.2 Å². The molecule has 1 saturated heterocycles. The second-order valence-electron chi connectivity index (χ2n) is 6.71. The third-order valence-corrected chi connectivity index (χ3v) is 5.16. The van der Waals surface area contributed by atoms with Crippen molar-refractivity contribution in [1.82, 2.24) is 15.5 Å². The van der Waals surface area contributed by atoms with Crippen LogP contribution in [0.3, 0.4) is 0 Å². The summed E-state index contributed by atoms with van der Waals surface area (Å²) in [5.41, 5.74) is 1.66. The monoisotopic (exact) mass is 338 g/mol. The molecule has 1 aromatic rings. The zero-order valence-corrected chi connectivity index (χ0v) is 14.5. The third-order valence-electron chi connectivity index (χ3n) is 5.16. The second kappa shape index (κ2) is 6.60. The molecule has 2 heterocycles. The number of nitriles is 1. The highest BCUT2D eigenvalue weighted by Gasteiger charge is 2.39. The first-order chi connectivity index (χ1) is 12.0. The van der Waals surface area contributed by atoms with Gasteiger partial charge in [0.05, 0.1) is 23.1 Å². The van der Waals surface area contributed by atoms with E-state index in [2.05, 4.69) is 16.7 Å². The molecule has 1 fully saturated rings. The first kappa shape index (κ1) is 17.0. The predicted octanol–water partition coefficient (Wildman–Crippen LogP) is 2.05. The van der Waals surface area contributed by atoms with Gasteiger partial charge in [0.2, 0.25) is 0 Å². The molecular weight excluding hydrogens is 316 g/mol. The summed E-state index contributed by atoms with van der Waals surface area (Å²) >= 11 is 0. The number of hydrogen-bond donors (Lipinski definition) is 2. The molecule has 6 heteroatoms. The number of carbonyl (C=O) groups excluding carboxylic acids is 2. The number of piperidine rings is 1. The minimum atomic E-state index is -0.536. The van der Waals surface area contributed by atoms with Crippen molar-refractivity contribution in [2.45, 2.75) is 38.1 Å². The van der Waals surface area contributed by atoms with Crippen LogP contribution in [0.4, 0.5) is 4.79 Å². The average Bonchev–Trinajstić information content (AvgIpc) is 2.61. The van der Waals surface area contributed by atoms with Crippen LogP contribution in [0.5, 0.6) is 0 Å². The van der Waals surface area contributed by atoms with E-state index in [4.69, 9.17) is 0 Å². The lowest BCUT2D eigenvalue weighted by atomic mass is 9.74. The highest BCUT2D eigenvalue weighted by Crippen LogP contribution is 2.35. The average molecular weight is 338 g/mol. The molecule has 0 bridgehead atoms. The van der Waals surface area contributed by atoms with E-state index in [1.807, 2.05) is 37.3 Å². The fourth-order valence-corrected chi connectivity index (χ4v) is 3.70. The first-order valence-corrected chi connectivity index (χ1v) is 8.51. The number of allylic oxidation sites excluding steroid dienone is 1. The van der Waals surface area contributed by atoms with Gasteiger partial charge < -0.3 is 15.5 Å². The standard InChI is InChI=1S/C19H22N4O2/c1-13-16(14(2)22-18(25)21-13)17(24)23-10-8-19(12-20,9-11-23)15-6-4-3-5-7-15/h3-7,13H,8-11H2,1-2H3,(H2,21,22,25). The minimum absolute atomic E-state index is 0.0721. The molecule has 0 saturated carbocycles. The van der Waals surface area contributed by atoms with Crippen molar-refractivity contribution in [3.63, 3.8) is 0 Å². The SMILES string of the molecule is CC1=C(C(=O)N2CCC(C#N)(c3ccccc3)CC2)C(C)NC(=O)N1. The zero-order valence-electron chi connectivity index (χ0n) is 14.5. The maximum absolute atomic E-state index is 12.9. The summed E-state index contributed by atoms with van der Waals surface area (Å²) in [6.07, 6.45) is 1.22. The Morgan fingerprint density at radius 2 is 1.92 bits per heavy atom. The lowest BCUT2D eigenvalue weighted by Crippen LogP contribution is -2.52. The Labute approximate surface area is 147 Å². The van der Waals surface area contributed by atoms with Gasteiger partial charge in [0.15, 0.2) is 0 Å². The Bertz CT molecular complexity index is 755. The van der Waals surface area contributed by atoms with E-state index >= 15 is 0 Å². The van der Waals surface area contributed by atoms with Crippen molar-refractivity contribution in [3.05, 3.63) is 47.2 Å². The zero-order chi connectivity index (χ0) is 18.0. The van der Waals surface area contributed by atoms with Crippen LogP contribution < -0.4 is 10.6 Å². The highest BCUT2D eigenvalue weighted by atomic mass is 16.2.